The highest BCUT2D eigenvalue weighted by molar-refractivity contribution is 5.99. The molecule has 1 atom stereocenters. The number of fused-ring (bicyclic) bond motifs is 1. The molecule has 2 aliphatic carbocycles. The summed E-state index contributed by atoms with van der Waals surface area (Å²) >= 11 is 0. The third kappa shape index (κ3) is 3.63. The van der Waals surface area contributed by atoms with E-state index in [0.29, 0.717) is 17.5 Å². The van der Waals surface area contributed by atoms with E-state index in [-0.39, 0.29) is 25.4 Å². The number of halogens is 3. The van der Waals surface area contributed by atoms with Gasteiger partial charge in [0, 0.05) is 17.1 Å². The fourth-order valence-electron chi connectivity index (χ4n) is 3.71. The molecule has 148 valence electrons. The van der Waals surface area contributed by atoms with Crippen LogP contribution in [0.5, 0.6) is 0 Å². The molecule has 1 amide bonds. The number of hydrogen-bond acceptors (Lipinski definition) is 3. The molecule has 0 aliphatic heterocycles. The number of carbonyl (C=O) groups is 1. The Morgan fingerprint density at radius 2 is 2.11 bits per heavy atom. The summed E-state index contributed by atoms with van der Waals surface area (Å²) in [7, 11) is 0. The van der Waals surface area contributed by atoms with Crippen molar-refractivity contribution in [2.24, 2.45) is 5.92 Å². The second-order valence-electron chi connectivity index (χ2n) is 7.74. The normalized spacial score (nSPS) is 21.3. The fourth-order valence-corrected chi connectivity index (χ4v) is 3.71. The van der Waals surface area contributed by atoms with Crippen LogP contribution in [-0.2, 0) is 0 Å². The highest BCUT2D eigenvalue weighted by Crippen LogP contribution is 2.40. The summed E-state index contributed by atoms with van der Waals surface area (Å²) in [6.07, 6.45) is 0.920. The molecule has 0 spiro atoms. The van der Waals surface area contributed by atoms with Crippen molar-refractivity contribution < 1.29 is 23.1 Å². The van der Waals surface area contributed by atoms with E-state index in [1.165, 1.54) is 6.20 Å². The Morgan fingerprint density at radius 3 is 2.71 bits per heavy atom. The number of aliphatic hydroxyl groups excluding tert-OH is 1. The van der Waals surface area contributed by atoms with Crippen LogP contribution in [0.2, 0.25) is 0 Å². The summed E-state index contributed by atoms with van der Waals surface area (Å²) in [5.74, 6) is -1.56. The van der Waals surface area contributed by atoms with Crippen LogP contribution in [-0.4, -0.2) is 34.3 Å². The van der Waals surface area contributed by atoms with Gasteiger partial charge in [-0.2, -0.15) is 13.2 Å². The number of nitrogens with one attached hydrogen (secondary N) is 1. The summed E-state index contributed by atoms with van der Waals surface area (Å²) in [6, 6.07) is 7.26. The lowest BCUT2D eigenvalue weighted by Gasteiger charge is -2.24. The molecular formula is C21H21F3N2O2. The van der Waals surface area contributed by atoms with Gasteiger partial charge in [-0.25, -0.2) is 0 Å². The molecule has 2 aromatic rings. The van der Waals surface area contributed by atoms with Gasteiger partial charge >= 0.3 is 6.18 Å². The second kappa shape index (κ2) is 6.88. The lowest BCUT2D eigenvalue weighted by molar-refractivity contribution is -0.175. The van der Waals surface area contributed by atoms with Crippen molar-refractivity contribution in [1.29, 1.82) is 0 Å². The minimum Gasteiger partial charge on any atom is -0.394 e. The quantitative estimate of drug-likeness (QED) is 0.821. The number of alkyl halides is 3. The van der Waals surface area contributed by atoms with Crippen molar-refractivity contribution in [3.8, 4) is 0 Å². The zero-order valence-electron chi connectivity index (χ0n) is 15.2. The van der Waals surface area contributed by atoms with Crippen molar-refractivity contribution in [2.75, 3.05) is 6.61 Å². The number of aliphatic hydroxyl groups is 1. The van der Waals surface area contributed by atoms with Gasteiger partial charge in [-0.1, -0.05) is 24.3 Å². The first kappa shape index (κ1) is 18.9. The van der Waals surface area contributed by atoms with Crippen molar-refractivity contribution in [3.05, 3.63) is 47.7 Å². The average Bonchev–Trinajstić information content (AvgIpc) is 3.46. The highest BCUT2D eigenvalue weighted by atomic mass is 19.4. The molecule has 4 nitrogen and oxygen atoms in total. The van der Waals surface area contributed by atoms with Gasteiger partial charge in [-0.05, 0) is 43.7 Å². The molecule has 28 heavy (non-hydrogen) atoms. The number of nitrogens with zero attached hydrogens (tertiary/aromatic N) is 1. The standard InChI is InChI=1S/C21H21F3N2O2/c22-21(23,24)16-6-4-13(5-7-16)17-3-1-2-14-10-15(11-25-18(14)17)19(28)26-20(12-27)8-9-20/h1-4,10-11,16,27H,5-9,12H2,(H,26,28)/t16-/m1/s1. The van der Waals surface area contributed by atoms with E-state index >= 15 is 0 Å². The van der Waals surface area contributed by atoms with Crippen LogP contribution in [0.3, 0.4) is 0 Å². The van der Waals surface area contributed by atoms with E-state index in [4.69, 9.17) is 0 Å². The van der Waals surface area contributed by atoms with Gasteiger partial charge in [-0.3, -0.25) is 9.78 Å². The summed E-state index contributed by atoms with van der Waals surface area (Å²) < 4.78 is 38.7. The van der Waals surface area contributed by atoms with Crippen LogP contribution in [0, 0.1) is 5.92 Å². The molecule has 1 heterocycles. The topological polar surface area (TPSA) is 62.2 Å². The third-order valence-electron chi connectivity index (χ3n) is 5.73. The Balaban J connectivity index is 1.60. The molecule has 0 radical (unpaired) electrons. The number of rotatable bonds is 4. The van der Waals surface area contributed by atoms with Gasteiger partial charge < -0.3 is 10.4 Å². The molecule has 0 unspecified atom stereocenters. The predicted molar refractivity (Wildman–Crippen MR) is 99.6 cm³/mol. The molecule has 1 fully saturated rings. The largest absolute Gasteiger partial charge is 0.394 e. The predicted octanol–water partition coefficient (Wildman–Crippen LogP) is 4.24. The van der Waals surface area contributed by atoms with Gasteiger partial charge in [-0.15, -0.1) is 0 Å². The molecule has 1 aromatic carbocycles. The maximum atomic E-state index is 12.9. The first-order valence-electron chi connectivity index (χ1n) is 9.40. The summed E-state index contributed by atoms with van der Waals surface area (Å²) in [5.41, 5.74) is 2.26. The summed E-state index contributed by atoms with van der Waals surface area (Å²) in [6.45, 7) is -0.0863. The average molecular weight is 390 g/mol. The second-order valence-corrected chi connectivity index (χ2v) is 7.74. The van der Waals surface area contributed by atoms with Gasteiger partial charge in [0.25, 0.3) is 5.91 Å². The first-order valence-corrected chi connectivity index (χ1v) is 9.40. The van der Waals surface area contributed by atoms with Gasteiger partial charge in [0.1, 0.15) is 0 Å². The molecule has 4 rings (SSSR count). The van der Waals surface area contributed by atoms with E-state index in [1.807, 2.05) is 18.2 Å². The van der Waals surface area contributed by atoms with E-state index in [9.17, 15) is 23.1 Å². The maximum absolute atomic E-state index is 12.9. The molecule has 0 saturated heterocycles. The molecule has 0 bridgehead atoms. The van der Waals surface area contributed by atoms with Crippen molar-refractivity contribution in [2.45, 2.75) is 43.8 Å². The molecule has 1 saturated carbocycles. The van der Waals surface area contributed by atoms with E-state index in [2.05, 4.69) is 10.3 Å². The molecule has 1 aromatic heterocycles. The number of allylic oxidation sites excluding steroid dienone is 2. The monoisotopic (exact) mass is 390 g/mol. The van der Waals surface area contributed by atoms with Gasteiger partial charge in [0.2, 0.25) is 0 Å². The highest BCUT2D eigenvalue weighted by Gasteiger charge is 2.43. The molecule has 2 aliphatic rings. The molecular weight excluding hydrogens is 369 g/mol. The van der Waals surface area contributed by atoms with E-state index in [0.717, 1.165) is 29.4 Å². The number of para-hydroxylation sites is 1. The molecule has 2 N–H and O–H groups in total. The van der Waals surface area contributed by atoms with Gasteiger partial charge in [0.15, 0.2) is 0 Å². The number of hydrogen-bond donors (Lipinski definition) is 2. The third-order valence-corrected chi connectivity index (χ3v) is 5.73. The number of benzene rings is 1. The maximum Gasteiger partial charge on any atom is 0.392 e. The first-order chi connectivity index (χ1) is 13.3. The lowest BCUT2D eigenvalue weighted by Crippen LogP contribution is -2.39. The van der Waals surface area contributed by atoms with Crippen LogP contribution in [0.1, 0.15) is 48.0 Å². The zero-order valence-corrected chi connectivity index (χ0v) is 15.2. The fraction of sp³-hybridized carbons (Fsp3) is 0.429. The van der Waals surface area contributed by atoms with Gasteiger partial charge in [0.05, 0.1) is 29.1 Å². The van der Waals surface area contributed by atoms with Crippen molar-refractivity contribution >= 4 is 22.4 Å². The minimum atomic E-state index is -4.16. The Morgan fingerprint density at radius 1 is 1.32 bits per heavy atom. The van der Waals surface area contributed by atoms with E-state index < -0.39 is 17.6 Å². The zero-order chi connectivity index (χ0) is 19.9. The Labute approximate surface area is 160 Å². The van der Waals surface area contributed by atoms with E-state index in [1.54, 1.807) is 12.1 Å². The summed E-state index contributed by atoms with van der Waals surface area (Å²) in [5, 5.41) is 13.0. The van der Waals surface area contributed by atoms with Crippen LogP contribution >= 0.6 is 0 Å². The number of pyridine rings is 1. The Hall–Kier alpha value is -2.41. The summed E-state index contributed by atoms with van der Waals surface area (Å²) in [4.78, 5) is 16.9. The number of aromatic nitrogens is 1. The number of carbonyl (C=O) groups excluding carboxylic acids is 1. The van der Waals surface area contributed by atoms with Crippen molar-refractivity contribution in [3.63, 3.8) is 0 Å². The Kier molecular flexibility index (Phi) is 4.65. The van der Waals surface area contributed by atoms with Crippen LogP contribution in [0.25, 0.3) is 16.5 Å². The Bertz CT molecular complexity index is 948. The smallest absolute Gasteiger partial charge is 0.392 e. The SMILES string of the molecule is O=C(NC1(CO)CC1)c1cnc2c(C3=CC[C@@H](C(F)(F)F)CC3)cccc2c1. The lowest BCUT2D eigenvalue weighted by atomic mass is 9.85. The van der Waals surface area contributed by atoms with Crippen LogP contribution < -0.4 is 5.32 Å². The van der Waals surface area contributed by atoms with Crippen LogP contribution in [0.4, 0.5) is 13.2 Å². The van der Waals surface area contributed by atoms with Crippen LogP contribution in [0.15, 0.2) is 36.5 Å². The number of amides is 1. The minimum absolute atomic E-state index is 0.0149. The molecule has 7 heteroatoms. The van der Waals surface area contributed by atoms with Crippen molar-refractivity contribution in [1.82, 2.24) is 10.3 Å².